The molecule has 0 aromatic heterocycles. The molecular weight excluding hydrogens is 126 g/mol. The van der Waals surface area contributed by atoms with Gasteiger partial charge in [-0.15, -0.1) is 0 Å². The van der Waals surface area contributed by atoms with E-state index in [0.717, 1.165) is 0 Å². The Morgan fingerprint density at radius 1 is 1.50 bits per heavy atom. The molecule has 0 saturated heterocycles. The van der Waals surface area contributed by atoms with Crippen molar-refractivity contribution in [2.24, 2.45) is 5.73 Å². The molecule has 2 unspecified atom stereocenters. The first-order chi connectivity index (χ1) is 4.67. The van der Waals surface area contributed by atoms with Crippen LogP contribution in [0.4, 0.5) is 0 Å². The van der Waals surface area contributed by atoms with Crippen LogP contribution in [0, 0.1) is 0 Å². The van der Waals surface area contributed by atoms with Gasteiger partial charge in [0.05, 0.1) is 11.6 Å². The number of rotatable bonds is 1. The average molecular weight is 139 g/mol. The summed E-state index contributed by atoms with van der Waals surface area (Å²) in [6.45, 7) is 1.95. The van der Waals surface area contributed by atoms with Crippen LogP contribution >= 0.6 is 0 Å². The number of nitrogens with two attached hydrogens (primary N) is 1. The van der Waals surface area contributed by atoms with Crippen LogP contribution < -0.4 is 5.73 Å². The average Bonchev–Trinajstić information content (AvgIpc) is 1.87. The number of ether oxygens (including phenoxy) is 1. The Morgan fingerprint density at radius 2 is 2.20 bits per heavy atom. The van der Waals surface area contributed by atoms with E-state index in [-0.39, 0.29) is 11.6 Å². The standard InChI is InChI=1S/C8H13NO/c1-8(9)6-4-3-5-7(8)10-2/h3-7H,9H2,1-2H3. The fourth-order valence-electron chi connectivity index (χ4n) is 1.06. The minimum atomic E-state index is -0.344. The highest BCUT2D eigenvalue weighted by Crippen LogP contribution is 2.16. The zero-order chi connectivity index (χ0) is 7.61. The van der Waals surface area contributed by atoms with Crippen molar-refractivity contribution in [3.63, 3.8) is 0 Å². The maximum atomic E-state index is 5.87. The van der Waals surface area contributed by atoms with Crippen molar-refractivity contribution >= 4 is 0 Å². The molecule has 0 radical (unpaired) electrons. The van der Waals surface area contributed by atoms with Crippen LogP contribution in [0.25, 0.3) is 0 Å². The van der Waals surface area contributed by atoms with E-state index in [1.807, 2.05) is 31.2 Å². The fraction of sp³-hybridized carbons (Fsp3) is 0.500. The zero-order valence-electron chi connectivity index (χ0n) is 6.37. The van der Waals surface area contributed by atoms with Crippen LogP contribution in [-0.4, -0.2) is 18.8 Å². The summed E-state index contributed by atoms with van der Waals surface area (Å²) < 4.78 is 5.14. The monoisotopic (exact) mass is 139 g/mol. The number of hydrogen-bond donors (Lipinski definition) is 1. The second-order valence-corrected chi connectivity index (χ2v) is 2.77. The molecule has 0 aliphatic heterocycles. The van der Waals surface area contributed by atoms with Crippen molar-refractivity contribution < 1.29 is 4.74 Å². The lowest BCUT2D eigenvalue weighted by Crippen LogP contribution is -2.47. The SMILES string of the molecule is COC1C=CC=CC1(C)N. The first kappa shape index (κ1) is 7.51. The lowest BCUT2D eigenvalue weighted by Gasteiger charge is -2.29. The molecule has 1 aliphatic carbocycles. The summed E-state index contributed by atoms with van der Waals surface area (Å²) in [5.41, 5.74) is 5.53. The molecule has 10 heavy (non-hydrogen) atoms. The Kier molecular flexibility index (Phi) is 1.92. The Labute approximate surface area is 61.4 Å². The molecule has 0 amide bonds. The lowest BCUT2D eigenvalue weighted by molar-refractivity contribution is 0.0968. The second-order valence-electron chi connectivity index (χ2n) is 2.77. The lowest BCUT2D eigenvalue weighted by atomic mass is 9.92. The van der Waals surface area contributed by atoms with Crippen molar-refractivity contribution in [3.8, 4) is 0 Å². The molecule has 0 aromatic rings. The van der Waals surface area contributed by atoms with E-state index in [0.29, 0.717) is 0 Å². The largest absolute Gasteiger partial charge is 0.375 e. The van der Waals surface area contributed by atoms with Crippen LogP contribution in [0.2, 0.25) is 0 Å². The van der Waals surface area contributed by atoms with E-state index in [9.17, 15) is 0 Å². The zero-order valence-corrected chi connectivity index (χ0v) is 6.37. The van der Waals surface area contributed by atoms with E-state index in [1.165, 1.54) is 0 Å². The minimum absolute atomic E-state index is 0.0116. The van der Waals surface area contributed by atoms with Gasteiger partial charge in [0.15, 0.2) is 0 Å². The van der Waals surface area contributed by atoms with Gasteiger partial charge < -0.3 is 10.5 Å². The molecule has 56 valence electrons. The molecule has 0 saturated carbocycles. The maximum absolute atomic E-state index is 5.87. The Morgan fingerprint density at radius 3 is 2.60 bits per heavy atom. The molecule has 2 heteroatoms. The summed E-state index contributed by atoms with van der Waals surface area (Å²) in [6.07, 6.45) is 7.80. The Balaban J connectivity index is 2.74. The van der Waals surface area contributed by atoms with Crippen LogP contribution in [0.3, 0.4) is 0 Å². The highest BCUT2D eigenvalue weighted by atomic mass is 16.5. The van der Waals surface area contributed by atoms with E-state index >= 15 is 0 Å². The minimum Gasteiger partial charge on any atom is -0.375 e. The summed E-state index contributed by atoms with van der Waals surface area (Å²) in [4.78, 5) is 0. The van der Waals surface area contributed by atoms with E-state index in [2.05, 4.69) is 0 Å². The molecule has 0 fully saturated rings. The van der Waals surface area contributed by atoms with Gasteiger partial charge in [0.2, 0.25) is 0 Å². The van der Waals surface area contributed by atoms with Gasteiger partial charge in [0, 0.05) is 7.11 Å². The highest BCUT2D eigenvalue weighted by molar-refractivity contribution is 5.23. The van der Waals surface area contributed by atoms with Gasteiger partial charge in [0.1, 0.15) is 0 Å². The summed E-state index contributed by atoms with van der Waals surface area (Å²) in [5.74, 6) is 0. The van der Waals surface area contributed by atoms with Gasteiger partial charge in [-0.05, 0) is 6.92 Å². The molecule has 0 spiro atoms. The first-order valence-electron chi connectivity index (χ1n) is 3.34. The second kappa shape index (κ2) is 2.56. The van der Waals surface area contributed by atoms with Crippen LogP contribution in [0.5, 0.6) is 0 Å². The Bertz CT molecular complexity index is 170. The molecular formula is C8H13NO. The van der Waals surface area contributed by atoms with E-state index in [1.54, 1.807) is 7.11 Å². The van der Waals surface area contributed by atoms with Gasteiger partial charge in [-0.2, -0.15) is 0 Å². The number of allylic oxidation sites excluding steroid dienone is 2. The molecule has 1 rings (SSSR count). The number of methoxy groups -OCH3 is 1. The van der Waals surface area contributed by atoms with Gasteiger partial charge >= 0.3 is 0 Å². The predicted octanol–water partition coefficient (Wildman–Crippen LogP) is 0.845. The summed E-state index contributed by atoms with van der Waals surface area (Å²) in [5, 5.41) is 0. The van der Waals surface area contributed by atoms with Gasteiger partial charge in [-0.1, -0.05) is 24.3 Å². The molecule has 0 aromatic carbocycles. The molecule has 2 N–H and O–H groups in total. The van der Waals surface area contributed by atoms with E-state index in [4.69, 9.17) is 10.5 Å². The molecule has 2 atom stereocenters. The molecule has 1 aliphatic rings. The maximum Gasteiger partial charge on any atom is 0.0967 e. The van der Waals surface area contributed by atoms with Crippen LogP contribution in [-0.2, 0) is 4.74 Å². The quantitative estimate of drug-likeness (QED) is 0.584. The summed E-state index contributed by atoms with van der Waals surface area (Å²) in [7, 11) is 1.67. The first-order valence-corrected chi connectivity index (χ1v) is 3.34. The molecule has 0 heterocycles. The summed E-state index contributed by atoms with van der Waals surface area (Å²) in [6, 6.07) is 0. The van der Waals surface area contributed by atoms with Gasteiger partial charge in [0.25, 0.3) is 0 Å². The van der Waals surface area contributed by atoms with E-state index < -0.39 is 0 Å². The van der Waals surface area contributed by atoms with Gasteiger partial charge in [-0.25, -0.2) is 0 Å². The fourth-order valence-corrected chi connectivity index (χ4v) is 1.06. The summed E-state index contributed by atoms with van der Waals surface area (Å²) >= 11 is 0. The topological polar surface area (TPSA) is 35.2 Å². The highest BCUT2D eigenvalue weighted by Gasteiger charge is 2.26. The third kappa shape index (κ3) is 1.28. The van der Waals surface area contributed by atoms with Crippen molar-refractivity contribution in [2.45, 2.75) is 18.6 Å². The van der Waals surface area contributed by atoms with Crippen molar-refractivity contribution in [1.82, 2.24) is 0 Å². The van der Waals surface area contributed by atoms with Gasteiger partial charge in [-0.3, -0.25) is 0 Å². The van der Waals surface area contributed by atoms with Crippen molar-refractivity contribution in [2.75, 3.05) is 7.11 Å². The normalized spacial score (nSPS) is 38.5. The molecule has 2 nitrogen and oxygen atoms in total. The smallest absolute Gasteiger partial charge is 0.0967 e. The van der Waals surface area contributed by atoms with Crippen molar-refractivity contribution in [1.29, 1.82) is 0 Å². The van der Waals surface area contributed by atoms with Crippen LogP contribution in [0.1, 0.15) is 6.92 Å². The predicted molar refractivity (Wildman–Crippen MR) is 41.7 cm³/mol. The van der Waals surface area contributed by atoms with Crippen molar-refractivity contribution in [3.05, 3.63) is 24.3 Å². The number of hydrogen-bond acceptors (Lipinski definition) is 2. The molecule has 0 bridgehead atoms. The third-order valence-electron chi connectivity index (χ3n) is 1.72. The third-order valence-corrected chi connectivity index (χ3v) is 1.72. The van der Waals surface area contributed by atoms with Crippen LogP contribution in [0.15, 0.2) is 24.3 Å². The Hall–Kier alpha value is -0.600.